The fourth-order valence-corrected chi connectivity index (χ4v) is 3.79. The number of benzene rings is 1. The first kappa shape index (κ1) is 18.4. The van der Waals surface area contributed by atoms with Crippen molar-refractivity contribution in [2.45, 2.75) is 25.9 Å². The van der Waals surface area contributed by atoms with E-state index in [4.69, 9.17) is 0 Å². The summed E-state index contributed by atoms with van der Waals surface area (Å²) in [5.41, 5.74) is 1.58. The minimum atomic E-state index is -0.109. The zero-order valence-corrected chi connectivity index (χ0v) is 16.1. The summed E-state index contributed by atoms with van der Waals surface area (Å²) >= 11 is 0. The van der Waals surface area contributed by atoms with Crippen molar-refractivity contribution in [3.8, 4) is 0 Å². The quantitative estimate of drug-likeness (QED) is 0.730. The van der Waals surface area contributed by atoms with Crippen molar-refractivity contribution in [2.24, 2.45) is 7.05 Å². The lowest BCUT2D eigenvalue weighted by molar-refractivity contribution is -0.135. The number of hydrogen-bond acceptors (Lipinski definition) is 5. The van der Waals surface area contributed by atoms with E-state index >= 15 is 0 Å². The molecule has 1 N–H and O–H groups in total. The summed E-state index contributed by atoms with van der Waals surface area (Å²) in [6.07, 6.45) is 5.42. The lowest BCUT2D eigenvalue weighted by Crippen LogP contribution is -2.49. The zero-order valence-electron chi connectivity index (χ0n) is 16.1. The first-order valence-electron chi connectivity index (χ1n) is 9.48. The molecule has 28 heavy (non-hydrogen) atoms. The largest absolute Gasteiger partial charge is 0.336 e. The zero-order chi connectivity index (χ0) is 19.7. The molecule has 1 atom stereocenters. The first-order chi connectivity index (χ1) is 13.6. The van der Waals surface area contributed by atoms with Gasteiger partial charge >= 0.3 is 0 Å². The van der Waals surface area contributed by atoms with Crippen molar-refractivity contribution in [3.05, 3.63) is 58.7 Å². The lowest BCUT2D eigenvalue weighted by atomic mass is 10.1. The summed E-state index contributed by atoms with van der Waals surface area (Å²) < 4.78 is 3.47. The number of fused-ring (bicyclic) bond motifs is 1. The molecule has 1 saturated heterocycles. The summed E-state index contributed by atoms with van der Waals surface area (Å²) in [4.78, 5) is 36.4. The summed E-state index contributed by atoms with van der Waals surface area (Å²) in [6, 6.07) is 5.47. The van der Waals surface area contributed by atoms with Crippen LogP contribution in [0.1, 0.15) is 23.9 Å². The molecule has 0 spiro atoms. The molecular weight excluding hydrogens is 356 g/mol. The van der Waals surface area contributed by atoms with Crippen LogP contribution in [0.4, 0.5) is 0 Å². The van der Waals surface area contributed by atoms with Gasteiger partial charge in [-0.3, -0.25) is 14.2 Å². The molecule has 0 saturated carbocycles. The highest BCUT2D eigenvalue weighted by Gasteiger charge is 2.30. The molecule has 8 heteroatoms. The van der Waals surface area contributed by atoms with Crippen molar-refractivity contribution in [1.82, 2.24) is 29.3 Å². The van der Waals surface area contributed by atoms with Crippen LogP contribution >= 0.6 is 0 Å². The molecular formula is C20H24N6O2. The van der Waals surface area contributed by atoms with Gasteiger partial charge in [-0.05, 0) is 18.6 Å². The number of para-hydroxylation sites is 1. The molecule has 1 aliphatic rings. The molecule has 0 aliphatic carbocycles. The Kier molecular flexibility index (Phi) is 4.95. The number of nitrogens with one attached hydrogen (secondary N) is 1. The van der Waals surface area contributed by atoms with E-state index in [0.717, 1.165) is 17.9 Å². The Bertz CT molecular complexity index is 1070. The molecule has 0 radical (unpaired) electrons. The third-order valence-corrected chi connectivity index (χ3v) is 5.34. The minimum Gasteiger partial charge on any atom is -0.336 e. The van der Waals surface area contributed by atoms with Crippen LogP contribution in [0.3, 0.4) is 0 Å². The number of piperazine rings is 1. The Balaban J connectivity index is 1.52. The standard InChI is InChI=1S/C20H24N6O2/c1-14-4-3-5-15-18(14)23-13-25(20(15)28)9-6-17(27)26-11-7-21-12-16(26)19-22-8-10-24(19)2/h3-5,8,10,13,16,21H,6-7,9,11-12H2,1-2H3. The molecule has 0 bridgehead atoms. The highest BCUT2D eigenvalue weighted by Crippen LogP contribution is 2.21. The first-order valence-corrected chi connectivity index (χ1v) is 9.48. The predicted octanol–water partition coefficient (Wildman–Crippen LogP) is 1.00. The van der Waals surface area contributed by atoms with Crippen LogP contribution in [-0.4, -0.2) is 49.5 Å². The van der Waals surface area contributed by atoms with E-state index in [2.05, 4.69) is 15.3 Å². The Labute approximate surface area is 162 Å². The van der Waals surface area contributed by atoms with Crippen LogP contribution in [0.25, 0.3) is 10.9 Å². The third kappa shape index (κ3) is 3.31. The van der Waals surface area contributed by atoms with Crippen molar-refractivity contribution < 1.29 is 4.79 Å². The maximum Gasteiger partial charge on any atom is 0.261 e. The van der Waals surface area contributed by atoms with Crippen molar-refractivity contribution in [3.63, 3.8) is 0 Å². The fraction of sp³-hybridized carbons (Fsp3) is 0.400. The van der Waals surface area contributed by atoms with Gasteiger partial charge in [-0.2, -0.15) is 0 Å². The monoisotopic (exact) mass is 380 g/mol. The number of carbonyl (C=O) groups excluding carboxylic acids is 1. The molecule has 1 aliphatic heterocycles. The van der Waals surface area contributed by atoms with Gasteiger partial charge in [-0.25, -0.2) is 9.97 Å². The Morgan fingerprint density at radius 3 is 2.96 bits per heavy atom. The van der Waals surface area contributed by atoms with E-state index in [-0.39, 0.29) is 23.9 Å². The van der Waals surface area contributed by atoms with E-state index in [1.807, 2.05) is 41.8 Å². The van der Waals surface area contributed by atoms with E-state index in [1.165, 1.54) is 4.57 Å². The minimum absolute atomic E-state index is 0.0192. The van der Waals surface area contributed by atoms with E-state index < -0.39 is 0 Å². The van der Waals surface area contributed by atoms with Crippen LogP contribution < -0.4 is 10.9 Å². The predicted molar refractivity (Wildman–Crippen MR) is 106 cm³/mol. The highest BCUT2D eigenvalue weighted by molar-refractivity contribution is 5.80. The van der Waals surface area contributed by atoms with E-state index in [9.17, 15) is 9.59 Å². The molecule has 4 rings (SSSR count). The second kappa shape index (κ2) is 7.55. The molecule has 2 aromatic heterocycles. The Morgan fingerprint density at radius 2 is 2.18 bits per heavy atom. The summed E-state index contributed by atoms with van der Waals surface area (Å²) in [5.74, 6) is 0.881. The van der Waals surface area contributed by atoms with Gasteiger partial charge in [0.2, 0.25) is 5.91 Å². The Morgan fingerprint density at radius 1 is 1.32 bits per heavy atom. The van der Waals surface area contributed by atoms with E-state index in [1.54, 1.807) is 18.6 Å². The number of rotatable bonds is 4. The molecule has 1 fully saturated rings. The number of carbonyl (C=O) groups is 1. The normalized spacial score (nSPS) is 17.2. The van der Waals surface area contributed by atoms with Gasteiger partial charge in [0.25, 0.3) is 5.56 Å². The van der Waals surface area contributed by atoms with Crippen LogP contribution in [-0.2, 0) is 18.4 Å². The molecule has 1 aromatic carbocycles. The number of imidazole rings is 1. The van der Waals surface area contributed by atoms with E-state index in [0.29, 0.717) is 30.5 Å². The van der Waals surface area contributed by atoms with Gasteiger partial charge in [-0.15, -0.1) is 0 Å². The highest BCUT2D eigenvalue weighted by atomic mass is 16.2. The molecule has 146 valence electrons. The second-order valence-corrected chi connectivity index (χ2v) is 7.17. The second-order valence-electron chi connectivity index (χ2n) is 7.17. The topological polar surface area (TPSA) is 85.0 Å². The van der Waals surface area contributed by atoms with Crippen molar-refractivity contribution in [2.75, 3.05) is 19.6 Å². The van der Waals surface area contributed by atoms with Crippen molar-refractivity contribution in [1.29, 1.82) is 0 Å². The molecule has 3 heterocycles. The molecule has 8 nitrogen and oxygen atoms in total. The molecule has 1 unspecified atom stereocenters. The maximum absolute atomic E-state index is 12.9. The molecule has 1 amide bonds. The van der Waals surface area contributed by atoms with Crippen LogP contribution in [0.15, 0.2) is 41.7 Å². The molecule has 3 aromatic rings. The summed E-state index contributed by atoms with van der Waals surface area (Å²) in [7, 11) is 1.93. The fourth-order valence-electron chi connectivity index (χ4n) is 3.79. The lowest BCUT2D eigenvalue weighted by Gasteiger charge is -2.35. The van der Waals surface area contributed by atoms with Crippen molar-refractivity contribution >= 4 is 16.8 Å². The van der Waals surface area contributed by atoms with Gasteiger partial charge in [0.05, 0.1) is 17.2 Å². The van der Waals surface area contributed by atoms with Gasteiger partial charge in [0.15, 0.2) is 0 Å². The van der Waals surface area contributed by atoms with Crippen LogP contribution in [0.5, 0.6) is 0 Å². The van der Waals surface area contributed by atoms with Crippen LogP contribution in [0.2, 0.25) is 0 Å². The summed E-state index contributed by atoms with van der Waals surface area (Å²) in [5, 5.41) is 3.92. The number of aryl methyl sites for hydroxylation is 3. The number of aromatic nitrogens is 4. The SMILES string of the molecule is Cc1cccc2c(=O)n(CCC(=O)N3CCNCC3c3nccn3C)cnc12. The Hall–Kier alpha value is -3.00. The summed E-state index contributed by atoms with van der Waals surface area (Å²) in [6.45, 7) is 4.30. The van der Waals surface area contributed by atoms with Gasteiger partial charge in [0.1, 0.15) is 11.9 Å². The average molecular weight is 380 g/mol. The number of nitrogens with zero attached hydrogens (tertiary/aromatic N) is 5. The number of amides is 1. The number of hydrogen-bond donors (Lipinski definition) is 1. The van der Waals surface area contributed by atoms with Gasteiger partial charge < -0.3 is 14.8 Å². The van der Waals surface area contributed by atoms with Gasteiger partial charge in [-0.1, -0.05) is 12.1 Å². The smallest absolute Gasteiger partial charge is 0.261 e. The van der Waals surface area contributed by atoms with Crippen LogP contribution in [0, 0.1) is 6.92 Å². The maximum atomic E-state index is 12.9. The average Bonchev–Trinajstić information content (AvgIpc) is 3.13. The third-order valence-electron chi connectivity index (χ3n) is 5.34. The van der Waals surface area contributed by atoms with Gasteiger partial charge in [0, 0.05) is 52.0 Å².